The van der Waals surface area contributed by atoms with Crippen LogP contribution in [0.4, 0.5) is 0 Å². The molecule has 0 N–H and O–H groups in total. The first kappa shape index (κ1) is 23.1. The second-order valence-electron chi connectivity index (χ2n) is 11.0. The van der Waals surface area contributed by atoms with Gasteiger partial charge >= 0.3 is 0 Å². The second kappa shape index (κ2) is 8.95. The van der Waals surface area contributed by atoms with E-state index in [4.69, 9.17) is 9.97 Å². The first-order valence-electron chi connectivity index (χ1n) is 14.3. The molecule has 0 saturated heterocycles. The standard InChI is InChI=1S/C40H24N2/c1-2-9-29-23-30(17-13-25(29)7-1)39-40(42-37-12-6-5-11-36(37)41-39)31-18-15-27-14-16-28-20-21-33-32-10-4-3-8-26(32)19-22-34(33)38(28)35(27)24-31/h1-24H. The van der Waals surface area contributed by atoms with Crippen molar-refractivity contribution in [1.82, 2.24) is 9.97 Å². The van der Waals surface area contributed by atoms with Gasteiger partial charge in [-0.3, -0.25) is 0 Å². The highest BCUT2D eigenvalue weighted by Crippen LogP contribution is 2.39. The minimum absolute atomic E-state index is 0.895. The SMILES string of the molecule is c1ccc2cc(-c3nc4ccccc4nc3-c3ccc4ccc5ccc6c7ccccc7ccc6c5c4c3)ccc2c1. The van der Waals surface area contributed by atoms with Gasteiger partial charge in [0.2, 0.25) is 0 Å². The van der Waals surface area contributed by atoms with E-state index < -0.39 is 0 Å². The van der Waals surface area contributed by atoms with Crippen LogP contribution in [0.3, 0.4) is 0 Å². The maximum Gasteiger partial charge on any atom is 0.0973 e. The van der Waals surface area contributed by atoms with E-state index in [1.807, 2.05) is 24.3 Å². The molecule has 1 aromatic heterocycles. The molecule has 2 heteroatoms. The maximum atomic E-state index is 5.23. The van der Waals surface area contributed by atoms with Crippen LogP contribution in [0.2, 0.25) is 0 Å². The molecule has 0 fully saturated rings. The van der Waals surface area contributed by atoms with Gasteiger partial charge in [0.15, 0.2) is 0 Å². The van der Waals surface area contributed by atoms with Gasteiger partial charge in [0, 0.05) is 11.1 Å². The molecule has 0 radical (unpaired) electrons. The molecule has 42 heavy (non-hydrogen) atoms. The number of rotatable bonds is 2. The second-order valence-corrected chi connectivity index (χ2v) is 11.0. The van der Waals surface area contributed by atoms with E-state index in [2.05, 4.69) is 121 Å². The topological polar surface area (TPSA) is 25.8 Å². The van der Waals surface area contributed by atoms with E-state index in [0.717, 1.165) is 33.5 Å². The molecule has 0 aliphatic carbocycles. The summed E-state index contributed by atoms with van der Waals surface area (Å²) in [7, 11) is 0. The Morgan fingerprint density at radius 3 is 1.64 bits per heavy atom. The first-order valence-corrected chi connectivity index (χ1v) is 14.3. The minimum atomic E-state index is 0.895. The maximum absolute atomic E-state index is 5.23. The van der Waals surface area contributed by atoms with Crippen molar-refractivity contribution >= 4 is 64.9 Å². The smallest absolute Gasteiger partial charge is 0.0973 e. The fourth-order valence-corrected chi connectivity index (χ4v) is 6.53. The quantitative estimate of drug-likeness (QED) is 0.207. The van der Waals surface area contributed by atoms with Crippen molar-refractivity contribution in [3.63, 3.8) is 0 Å². The largest absolute Gasteiger partial charge is 0.244 e. The molecule has 0 unspecified atom stereocenters. The Morgan fingerprint density at radius 2 is 0.833 bits per heavy atom. The fraction of sp³-hybridized carbons (Fsp3) is 0. The summed E-state index contributed by atoms with van der Waals surface area (Å²) in [4.78, 5) is 10.4. The highest BCUT2D eigenvalue weighted by molar-refractivity contribution is 6.25. The van der Waals surface area contributed by atoms with Crippen LogP contribution >= 0.6 is 0 Å². The van der Waals surface area contributed by atoms with Crippen LogP contribution in [0.1, 0.15) is 0 Å². The first-order chi connectivity index (χ1) is 20.8. The van der Waals surface area contributed by atoms with Crippen molar-refractivity contribution in [2.75, 3.05) is 0 Å². The zero-order valence-electron chi connectivity index (χ0n) is 22.8. The Kier molecular flexibility index (Phi) is 4.93. The monoisotopic (exact) mass is 532 g/mol. The van der Waals surface area contributed by atoms with Crippen molar-refractivity contribution in [1.29, 1.82) is 0 Å². The van der Waals surface area contributed by atoms with Crippen molar-refractivity contribution in [2.24, 2.45) is 0 Å². The van der Waals surface area contributed by atoms with E-state index in [1.165, 1.54) is 53.9 Å². The number of benzene rings is 8. The normalized spacial score (nSPS) is 11.8. The number of para-hydroxylation sites is 2. The van der Waals surface area contributed by atoms with Crippen LogP contribution in [-0.2, 0) is 0 Å². The van der Waals surface area contributed by atoms with Gasteiger partial charge in [-0.2, -0.15) is 0 Å². The number of nitrogens with zero attached hydrogens (tertiary/aromatic N) is 2. The fourth-order valence-electron chi connectivity index (χ4n) is 6.53. The van der Waals surface area contributed by atoms with Crippen LogP contribution in [0.15, 0.2) is 146 Å². The molecule has 0 saturated carbocycles. The number of hydrogen-bond acceptors (Lipinski definition) is 2. The lowest BCUT2D eigenvalue weighted by atomic mass is 9.92. The van der Waals surface area contributed by atoms with E-state index >= 15 is 0 Å². The summed E-state index contributed by atoms with van der Waals surface area (Å²) in [6, 6.07) is 52.1. The molecule has 194 valence electrons. The zero-order valence-corrected chi connectivity index (χ0v) is 22.8. The molecule has 9 aromatic rings. The van der Waals surface area contributed by atoms with Crippen molar-refractivity contribution in [2.45, 2.75) is 0 Å². The Bertz CT molecular complexity index is 2530. The third kappa shape index (κ3) is 3.52. The van der Waals surface area contributed by atoms with Gasteiger partial charge < -0.3 is 0 Å². The average Bonchev–Trinajstić information content (AvgIpc) is 3.06. The highest BCUT2D eigenvalue weighted by atomic mass is 14.8. The molecule has 0 amide bonds. The van der Waals surface area contributed by atoms with Crippen LogP contribution in [0.5, 0.6) is 0 Å². The summed E-state index contributed by atoms with van der Waals surface area (Å²) in [5.41, 5.74) is 5.72. The van der Waals surface area contributed by atoms with Gasteiger partial charge in [0.05, 0.1) is 22.4 Å². The summed E-state index contributed by atoms with van der Waals surface area (Å²) < 4.78 is 0. The Hall–Kier alpha value is -5.60. The van der Waals surface area contributed by atoms with Crippen LogP contribution < -0.4 is 0 Å². The van der Waals surface area contributed by atoms with Gasteiger partial charge in [-0.05, 0) is 78.1 Å². The molecule has 1 heterocycles. The molecule has 8 aromatic carbocycles. The third-order valence-electron chi connectivity index (χ3n) is 8.59. The van der Waals surface area contributed by atoms with E-state index in [-0.39, 0.29) is 0 Å². The predicted molar refractivity (Wildman–Crippen MR) is 178 cm³/mol. The molecule has 2 nitrogen and oxygen atoms in total. The number of aromatic nitrogens is 2. The molecule has 0 aliphatic heterocycles. The lowest BCUT2D eigenvalue weighted by Crippen LogP contribution is -1.96. The zero-order chi connectivity index (χ0) is 27.6. The van der Waals surface area contributed by atoms with E-state index in [0.29, 0.717) is 0 Å². The predicted octanol–water partition coefficient (Wildman–Crippen LogP) is 10.7. The van der Waals surface area contributed by atoms with Crippen molar-refractivity contribution in [3.8, 4) is 22.5 Å². The lowest BCUT2D eigenvalue weighted by Gasteiger charge is -2.14. The minimum Gasteiger partial charge on any atom is -0.244 e. The van der Waals surface area contributed by atoms with Crippen LogP contribution in [0.25, 0.3) is 87.4 Å². The highest BCUT2D eigenvalue weighted by Gasteiger charge is 2.16. The molecule has 0 spiro atoms. The Balaban J connectivity index is 1.35. The molecule has 0 aliphatic rings. The summed E-state index contributed by atoms with van der Waals surface area (Å²) in [6.45, 7) is 0. The van der Waals surface area contributed by atoms with E-state index in [9.17, 15) is 0 Å². The average molecular weight is 533 g/mol. The Labute approximate surface area is 242 Å². The van der Waals surface area contributed by atoms with Gasteiger partial charge in [-0.1, -0.05) is 121 Å². The summed E-state index contributed by atoms with van der Waals surface area (Å²) >= 11 is 0. The van der Waals surface area contributed by atoms with Gasteiger partial charge in [-0.15, -0.1) is 0 Å². The van der Waals surface area contributed by atoms with Crippen LogP contribution in [0, 0.1) is 0 Å². The van der Waals surface area contributed by atoms with Crippen molar-refractivity contribution in [3.05, 3.63) is 146 Å². The summed E-state index contributed by atoms with van der Waals surface area (Å²) in [5, 5.41) is 12.5. The Morgan fingerprint density at radius 1 is 0.310 bits per heavy atom. The molecular weight excluding hydrogens is 508 g/mol. The number of hydrogen-bond donors (Lipinski definition) is 0. The van der Waals surface area contributed by atoms with Crippen LogP contribution in [-0.4, -0.2) is 9.97 Å². The number of fused-ring (bicyclic) bond motifs is 9. The summed E-state index contributed by atoms with van der Waals surface area (Å²) in [6.07, 6.45) is 0. The molecule has 0 bridgehead atoms. The van der Waals surface area contributed by atoms with Gasteiger partial charge in [0.25, 0.3) is 0 Å². The third-order valence-corrected chi connectivity index (χ3v) is 8.59. The van der Waals surface area contributed by atoms with Gasteiger partial charge in [0.1, 0.15) is 0 Å². The summed E-state index contributed by atoms with van der Waals surface area (Å²) in [5.74, 6) is 0. The van der Waals surface area contributed by atoms with Crippen molar-refractivity contribution < 1.29 is 0 Å². The van der Waals surface area contributed by atoms with E-state index in [1.54, 1.807) is 0 Å². The lowest BCUT2D eigenvalue weighted by molar-refractivity contribution is 1.30. The van der Waals surface area contributed by atoms with Gasteiger partial charge in [-0.25, -0.2) is 9.97 Å². The molecule has 9 rings (SSSR count). The molecule has 0 atom stereocenters. The molecular formula is C40H24N2.